The van der Waals surface area contributed by atoms with Gasteiger partial charge in [-0.3, -0.25) is 4.98 Å². The minimum atomic E-state index is -0.990. The normalized spacial score (nSPS) is 9.65. The maximum Gasteiger partial charge on any atom is 0.354 e. The Balaban J connectivity index is 0.000000204. The molecule has 0 aliphatic rings. The molecule has 20 heavy (non-hydrogen) atoms. The highest BCUT2D eigenvalue weighted by molar-refractivity contribution is 5.85. The van der Waals surface area contributed by atoms with Crippen LogP contribution in [-0.2, 0) is 0 Å². The number of aromatic carboxylic acids is 1. The van der Waals surface area contributed by atoms with Crippen molar-refractivity contribution < 1.29 is 9.90 Å². The molecular weight excluding hydrogens is 252 g/mol. The van der Waals surface area contributed by atoms with Crippen LogP contribution in [0.15, 0.2) is 24.4 Å². The first kappa shape index (κ1) is 15.8. The molecule has 0 bridgehead atoms. The van der Waals surface area contributed by atoms with Gasteiger partial charge in [0, 0.05) is 17.6 Å². The second kappa shape index (κ2) is 6.80. The van der Waals surface area contributed by atoms with E-state index < -0.39 is 5.97 Å². The average Bonchev–Trinajstić information content (AvgIpc) is 2.44. The number of rotatable bonds is 1. The van der Waals surface area contributed by atoms with Gasteiger partial charge in [-0.2, -0.15) is 0 Å². The highest BCUT2D eigenvalue weighted by Crippen LogP contribution is 2.16. The number of hydrogen-bond donors (Lipinski definition) is 1. The Labute approximate surface area is 119 Å². The minimum absolute atomic E-state index is 0.0810. The van der Waals surface area contributed by atoms with E-state index in [0.717, 1.165) is 11.4 Å². The first-order chi connectivity index (χ1) is 9.34. The standard InChI is InChI=1S/C10H15N.C6H5NO2/c1-6-7(2)9(4)11-10(5)8(6)3;8-6(9)5-3-1-2-4-7-5/h1-5H3;1-4H,(H,8,9). The summed E-state index contributed by atoms with van der Waals surface area (Å²) >= 11 is 0. The highest BCUT2D eigenvalue weighted by Gasteiger charge is 2.04. The molecule has 0 unspecified atom stereocenters. The number of hydrogen-bond acceptors (Lipinski definition) is 3. The molecule has 0 fully saturated rings. The summed E-state index contributed by atoms with van der Waals surface area (Å²) in [4.78, 5) is 18.2. The third kappa shape index (κ3) is 3.88. The third-order valence-corrected chi connectivity index (χ3v) is 3.43. The Hall–Kier alpha value is -2.23. The molecule has 0 atom stereocenters. The van der Waals surface area contributed by atoms with Crippen LogP contribution in [0, 0.1) is 34.6 Å². The lowest BCUT2D eigenvalue weighted by molar-refractivity contribution is 0.0690. The van der Waals surface area contributed by atoms with Gasteiger partial charge in [-0.25, -0.2) is 9.78 Å². The van der Waals surface area contributed by atoms with Crippen LogP contribution in [0.2, 0.25) is 0 Å². The molecule has 0 saturated carbocycles. The van der Waals surface area contributed by atoms with Crippen molar-refractivity contribution in [2.45, 2.75) is 34.6 Å². The number of carboxylic acids is 1. The summed E-state index contributed by atoms with van der Waals surface area (Å²) in [5, 5.41) is 8.32. The van der Waals surface area contributed by atoms with Crippen molar-refractivity contribution in [3.8, 4) is 0 Å². The first-order valence-corrected chi connectivity index (χ1v) is 6.40. The summed E-state index contributed by atoms with van der Waals surface area (Å²) in [5.74, 6) is -0.990. The largest absolute Gasteiger partial charge is 0.477 e. The quantitative estimate of drug-likeness (QED) is 0.864. The van der Waals surface area contributed by atoms with E-state index in [1.807, 2.05) is 0 Å². The number of carbonyl (C=O) groups is 1. The fourth-order valence-corrected chi connectivity index (χ4v) is 1.73. The third-order valence-electron chi connectivity index (χ3n) is 3.43. The maximum atomic E-state index is 10.1. The summed E-state index contributed by atoms with van der Waals surface area (Å²) in [7, 11) is 0. The summed E-state index contributed by atoms with van der Waals surface area (Å²) in [5.41, 5.74) is 6.44. The minimum Gasteiger partial charge on any atom is -0.477 e. The van der Waals surface area contributed by atoms with Crippen LogP contribution in [0.4, 0.5) is 0 Å². The molecule has 4 heteroatoms. The molecular formula is C16H20N2O2. The van der Waals surface area contributed by atoms with Crippen molar-refractivity contribution in [2.24, 2.45) is 0 Å². The van der Waals surface area contributed by atoms with Gasteiger partial charge >= 0.3 is 5.97 Å². The summed E-state index contributed by atoms with van der Waals surface area (Å²) in [6.45, 7) is 10.5. The predicted octanol–water partition coefficient (Wildman–Crippen LogP) is 3.40. The molecule has 4 nitrogen and oxygen atoms in total. The van der Waals surface area contributed by atoms with Crippen LogP contribution < -0.4 is 0 Å². The van der Waals surface area contributed by atoms with Gasteiger partial charge in [0.25, 0.3) is 0 Å². The van der Waals surface area contributed by atoms with Crippen LogP contribution in [0.1, 0.15) is 38.6 Å². The van der Waals surface area contributed by atoms with E-state index in [1.54, 1.807) is 12.1 Å². The van der Waals surface area contributed by atoms with Gasteiger partial charge in [-0.1, -0.05) is 6.07 Å². The number of carboxylic acid groups (broad SMARTS) is 1. The molecule has 2 aromatic rings. The second-order valence-electron chi connectivity index (χ2n) is 4.68. The van der Waals surface area contributed by atoms with Gasteiger partial charge < -0.3 is 5.11 Å². The molecule has 2 heterocycles. The Morgan fingerprint density at radius 3 is 1.85 bits per heavy atom. The summed E-state index contributed by atoms with van der Waals surface area (Å²) < 4.78 is 0. The van der Waals surface area contributed by atoms with Crippen molar-refractivity contribution in [1.82, 2.24) is 9.97 Å². The maximum absolute atomic E-state index is 10.1. The lowest BCUT2D eigenvalue weighted by Gasteiger charge is -2.09. The number of pyridine rings is 2. The van der Waals surface area contributed by atoms with Crippen LogP contribution in [0.5, 0.6) is 0 Å². The molecule has 0 aromatic carbocycles. The van der Waals surface area contributed by atoms with Gasteiger partial charge in [0.2, 0.25) is 0 Å². The van der Waals surface area contributed by atoms with Gasteiger partial charge in [-0.05, 0) is 63.4 Å². The summed E-state index contributed by atoms with van der Waals surface area (Å²) in [6.07, 6.45) is 1.45. The van der Waals surface area contributed by atoms with E-state index in [0.29, 0.717) is 0 Å². The topological polar surface area (TPSA) is 63.1 Å². The van der Waals surface area contributed by atoms with Crippen molar-refractivity contribution in [2.75, 3.05) is 0 Å². The van der Waals surface area contributed by atoms with Crippen LogP contribution in [-0.4, -0.2) is 21.0 Å². The van der Waals surface area contributed by atoms with E-state index in [4.69, 9.17) is 5.11 Å². The lowest BCUT2D eigenvalue weighted by Crippen LogP contribution is -1.98. The zero-order chi connectivity index (χ0) is 15.3. The zero-order valence-electron chi connectivity index (χ0n) is 12.6. The fraction of sp³-hybridized carbons (Fsp3) is 0.312. The lowest BCUT2D eigenvalue weighted by atomic mass is 10.0. The Kier molecular flexibility index (Phi) is 5.38. The van der Waals surface area contributed by atoms with E-state index in [-0.39, 0.29) is 5.69 Å². The predicted molar refractivity (Wildman–Crippen MR) is 79.1 cm³/mol. The van der Waals surface area contributed by atoms with E-state index in [9.17, 15) is 4.79 Å². The smallest absolute Gasteiger partial charge is 0.354 e. The van der Waals surface area contributed by atoms with E-state index in [2.05, 4.69) is 44.6 Å². The van der Waals surface area contributed by atoms with E-state index in [1.165, 1.54) is 29.0 Å². The molecule has 2 rings (SSSR count). The van der Waals surface area contributed by atoms with Gasteiger partial charge in [0.15, 0.2) is 0 Å². The van der Waals surface area contributed by atoms with E-state index >= 15 is 0 Å². The molecule has 0 spiro atoms. The number of aryl methyl sites for hydroxylation is 2. The monoisotopic (exact) mass is 272 g/mol. The van der Waals surface area contributed by atoms with Crippen molar-refractivity contribution in [3.63, 3.8) is 0 Å². The molecule has 1 N–H and O–H groups in total. The van der Waals surface area contributed by atoms with Crippen LogP contribution in [0.3, 0.4) is 0 Å². The van der Waals surface area contributed by atoms with Gasteiger partial charge in [0.05, 0.1) is 0 Å². The fourth-order valence-electron chi connectivity index (χ4n) is 1.73. The van der Waals surface area contributed by atoms with Crippen molar-refractivity contribution in [1.29, 1.82) is 0 Å². The first-order valence-electron chi connectivity index (χ1n) is 6.40. The SMILES string of the molecule is Cc1nc(C)c(C)c(C)c1C.O=C(O)c1ccccn1. The molecule has 2 aromatic heterocycles. The van der Waals surface area contributed by atoms with Crippen LogP contribution >= 0.6 is 0 Å². The number of nitrogens with zero attached hydrogens (tertiary/aromatic N) is 2. The van der Waals surface area contributed by atoms with Crippen molar-refractivity contribution in [3.05, 3.63) is 58.2 Å². The molecule has 106 valence electrons. The molecule has 0 aliphatic heterocycles. The molecule has 0 aliphatic carbocycles. The van der Waals surface area contributed by atoms with Crippen molar-refractivity contribution >= 4 is 5.97 Å². The Morgan fingerprint density at radius 1 is 0.950 bits per heavy atom. The van der Waals surface area contributed by atoms with Gasteiger partial charge in [0.1, 0.15) is 5.69 Å². The van der Waals surface area contributed by atoms with Gasteiger partial charge in [-0.15, -0.1) is 0 Å². The summed E-state index contributed by atoms with van der Waals surface area (Å²) in [6, 6.07) is 4.76. The number of aromatic nitrogens is 2. The molecule has 0 amide bonds. The second-order valence-corrected chi connectivity index (χ2v) is 4.68. The highest BCUT2D eigenvalue weighted by atomic mass is 16.4. The average molecular weight is 272 g/mol. The Bertz CT molecular complexity index is 581. The molecule has 0 saturated heterocycles. The Morgan fingerprint density at radius 2 is 1.50 bits per heavy atom. The molecule has 0 radical (unpaired) electrons. The zero-order valence-corrected chi connectivity index (χ0v) is 12.6. The van der Waals surface area contributed by atoms with Crippen LogP contribution in [0.25, 0.3) is 0 Å².